The molecule has 0 bridgehead atoms. The van der Waals surface area contributed by atoms with Gasteiger partial charge in [0.25, 0.3) is 11.5 Å². The highest BCUT2D eigenvalue weighted by Crippen LogP contribution is 2.31. The maximum absolute atomic E-state index is 14.0. The Morgan fingerprint density at radius 1 is 0.975 bits per heavy atom. The summed E-state index contributed by atoms with van der Waals surface area (Å²) in [7, 11) is 0. The van der Waals surface area contributed by atoms with Crippen LogP contribution in [0.15, 0.2) is 65.5 Å². The maximum Gasteiger partial charge on any atom is 0.271 e. The van der Waals surface area contributed by atoms with Crippen molar-refractivity contribution in [2.75, 3.05) is 13.1 Å². The van der Waals surface area contributed by atoms with E-state index in [0.717, 1.165) is 52.8 Å². The molecular formula is C31H37N7O2. The second kappa shape index (κ2) is 11.9. The van der Waals surface area contributed by atoms with E-state index in [2.05, 4.69) is 69.5 Å². The van der Waals surface area contributed by atoms with Gasteiger partial charge in [-0.3, -0.25) is 14.3 Å². The van der Waals surface area contributed by atoms with E-state index in [4.69, 9.17) is 0 Å². The van der Waals surface area contributed by atoms with Crippen LogP contribution in [-0.4, -0.2) is 53.9 Å². The van der Waals surface area contributed by atoms with E-state index in [1.807, 2.05) is 44.2 Å². The van der Waals surface area contributed by atoms with Crippen molar-refractivity contribution in [3.8, 4) is 22.5 Å². The van der Waals surface area contributed by atoms with Gasteiger partial charge in [-0.2, -0.15) is 0 Å². The molecule has 5 rings (SSSR count). The van der Waals surface area contributed by atoms with Gasteiger partial charge >= 0.3 is 0 Å². The Hall–Kier alpha value is -4.27. The van der Waals surface area contributed by atoms with Gasteiger partial charge in [0, 0.05) is 36.3 Å². The van der Waals surface area contributed by atoms with Crippen molar-refractivity contribution in [3.63, 3.8) is 0 Å². The Morgan fingerprint density at radius 3 is 2.35 bits per heavy atom. The summed E-state index contributed by atoms with van der Waals surface area (Å²) in [5.74, 6) is 0.580. The van der Waals surface area contributed by atoms with Crippen LogP contribution in [-0.2, 0) is 17.6 Å². The van der Waals surface area contributed by atoms with Gasteiger partial charge in [-0.05, 0) is 60.7 Å². The van der Waals surface area contributed by atoms with Gasteiger partial charge in [0.1, 0.15) is 0 Å². The summed E-state index contributed by atoms with van der Waals surface area (Å²) in [6.45, 7) is 9.42. The molecule has 208 valence electrons. The number of hydrogen-bond acceptors (Lipinski definition) is 5. The molecule has 0 radical (unpaired) electrons. The van der Waals surface area contributed by atoms with Gasteiger partial charge < -0.3 is 4.90 Å². The van der Waals surface area contributed by atoms with Gasteiger partial charge in [0.05, 0.1) is 6.04 Å². The van der Waals surface area contributed by atoms with E-state index in [0.29, 0.717) is 25.3 Å². The lowest BCUT2D eigenvalue weighted by molar-refractivity contribution is -0.133. The fraction of sp³-hybridized carbons (Fsp3) is 0.387. The molecule has 1 aliphatic heterocycles. The number of H-pyrrole nitrogens is 1. The molecule has 0 aliphatic carbocycles. The van der Waals surface area contributed by atoms with Gasteiger partial charge in [-0.15, -0.1) is 5.10 Å². The first-order chi connectivity index (χ1) is 19.5. The number of aromatic amines is 1. The molecular weight excluding hydrogens is 502 g/mol. The largest absolute Gasteiger partial charge is 0.341 e. The molecule has 1 N–H and O–H groups in total. The first-order valence-corrected chi connectivity index (χ1v) is 14.2. The van der Waals surface area contributed by atoms with Crippen molar-refractivity contribution in [2.24, 2.45) is 0 Å². The minimum absolute atomic E-state index is 0.00137. The molecule has 0 saturated carbocycles. The quantitative estimate of drug-likeness (QED) is 0.287. The molecule has 9 heteroatoms. The summed E-state index contributed by atoms with van der Waals surface area (Å²) in [5, 5.41) is 14.4. The lowest BCUT2D eigenvalue weighted by Gasteiger charge is -2.30. The number of tetrazole rings is 1. The van der Waals surface area contributed by atoms with Crippen LogP contribution in [0.25, 0.3) is 22.5 Å². The van der Waals surface area contributed by atoms with E-state index in [1.54, 1.807) is 9.58 Å². The third-order valence-electron chi connectivity index (χ3n) is 7.81. The standard InChI is InChI=1S/C31H37N7O2/c1-5-8-13-27-26(30(39)38-28(19-14-21(4)37(27)38)31(40)36(6-2)7-3)20-22-15-17-23(18-16-22)24-11-9-10-12-25(24)29-32-34-35-33-29/h9-12,14-19,21,28H,5-8,13,20H2,1-4H3,(H,32,33,34,35). The third kappa shape index (κ3) is 5.03. The smallest absolute Gasteiger partial charge is 0.271 e. The second-order valence-electron chi connectivity index (χ2n) is 10.3. The Bertz CT molecular complexity index is 1540. The molecule has 0 saturated heterocycles. The lowest BCUT2D eigenvalue weighted by Crippen LogP contribution is -2.43. The van der Waals surface area contributed by atoms with Crippen LogP contribution in [0.5, 0.6) is 0 Å². The number of rotatable bonds is 10. The van der Waals surface area contributed by atoms with E-state index in [-0.39, 0.29) is 17.5 Å². The number of carbonyl (C=O) groups excluding carboxylic acids is 1. The van der Waals surface area contributed by atoms with Crippen LogP contribution in [0.3, 0.4) is 0 Å². The van der Waals surface area contributed by atoms with Gasteiger partial charge in [0.2, 0.25) is 0 Å². The Labute approximate surface area is 234 Å². The molecule has 2 aromatic heterocycles. The summed E-state index contributed by atoms with van der Waals surface area (Å²) in [5.41, 5.74) is 5.78. The molecule has 1 amide bonds. The molecule has 4 aromatic rings. The van der Waals surface area contributed by atoms with Crippen molar-refractivity contribution in [1.82, 2.24) is 34.9 Å². The third-order valence-corrected chi connectivity index (χ3v) is 7.81. The lowest BCUT2D eigenvalue weighted by atomic mass is 9.96. The number of allylic oxidation sites excluding steroid dienone is 1. The van der Waals surface area contributed by atoms with E-state index < -0.39 is 6.04 Å². The first kappa shape index (κ1) is 27.3. The zero-order chi connectivity index (χ0) is 28.2. The molecule has 0 fully saturated rings. The van der Waals surface area contributed by atoms with Crippen molar-refractivity contribution in [3.05, 3.63) is 87.9 Å². The zero-order valence-corrected chi connectivity index (χ0v) is 23.7. The number of fused-ring (bicyclic) bond motifs is 1. The van der Waals surface area contributed by atoms with Gasteiger partial charge in [-0.25, -0.2) is 9.78 Å². The number of nitrogens with one attached hydrogen (secondary N) is 1. The molecule has 2 unspecified atom stereocenters. The minimum atomic E-state index is -0.623. The van der Waals surface area contributed by atoms with Crippen LogP contribution < -0.4 is 5.56 Å². The molecule has 0 spiro atoms. The summed E-state index contributed by atoms with van der Waals surface area (Å²) in [4.78, 5) is 29.3. The molecule has 40 heavy (non-hydrogen) atoms. The number of unbranched alkanes of at least 4 members (excludes halogenated alkanes) is 1. The fourth-order valence-corrected chi connectivity index (χ4v) is 5.68. The van der Waals surface area contributed by atoms with Crippen LogP contribution in [0.2, 0.25) is 0 Å². The van der Waals surface area contributed by atoms with Crippen molar-refractivity contribution < 1.29 is 4.79 Å². The number of nitrogens with zero attached hydrogens (tertiary/aromatic N) is 6. The monoisotopic (exact) mass is 539 g/mol. The fourth-order valence-electron chi connectivity index (χ4n) is 5.68. The number of amides is 1. The summed E-state index contributed by atoms with van der Waals surface area (Å²) < 4.78 is 3.79. The normalized spacial score (nSPS) is 16.2. The van der Waals surface area contributed by atoms with E-state index >= 15 is 0 Å². The molecule has 1 aliphatic rings. The van der Waals surface area contributed by atoms with Crippen molar-refractivity contribution in [2.45, 2.75) is 65.5 Å². The molecule has 2 atom stereocenters. The number of aromatic nitrogens is 6. The van der Waals surface area contributed by atoms with Crippen molar-refractivity contribution >= 4 is 5.91 Å². The van der Waals surface area contributed by atoms with Crippen molar-refractivity contribution in [1.29, 1.82) is 0 Å². The average Bonchev–Trinajstić information content (AvgIpc) is 3.61. The molecule has 9 nitrogen and oxygen atoms in total. The highest BCUT2D eigenvalue weighted by Gasteiger charge is 2.33. The Kier molecular flexibility index (Phi) is 8.09. The van der Waals surface area contributed by atoms with Crippen LogP contribution in [0.1, 0.15) is 69.4 Å². The maximum atomic E-state index is 14.0. The van der Waals surface area contributed by atoms with Gasteiger partial charge in [0.15, 0.2) is 11.9 Å². The van der Waals surface area contributed by atoms with Crippen LogP contribution in [0, 0.1) is 0 Å². The summed E-state index contributed by atoms with van der Waals surface area (Å²) in [6.07, 6.45) is 7.28. The number of carbonyl (C=O) groups is 1. The highest BCUT2D eigenvalue weighted by molar-refractivity contribution is 5.82. The van der Waals surface area contributed by atoms with Crippen LogP contribution in [0.4, 0.5) is 0 Å². The Morgan fingerprint density at radius 2 is 1.70 bits per heavy atom. The van der Waals surface area contributed by atoms with E-state index in [9.17, 15) is 9.59 Å². The molecule has 2 aromatic carbocycles. The predicted molar refractivity (Wildman–Crippen MR) is 156 cm³/mol. The number of benzene rings is 2. The zero-order valence-electron chi connectivity index (χ0n) is 23.7. The SMILES string of the molecule is CCCCc1c(Cc2ccc(-c3ccccc3-c3nnn[nH]3)cc2)c(=O)n2n1C(C)C=CC2C(=O)N(CC)CC. The summed E-state index contributed by atoms with van der Waals surface area (Å²) >= 11 is 0. The highest BCUT2D eigenvalue weighted by atomic mass is 16.2. The minimum Gasteiger partial charge on any atom is -0.341 e. The first-order valence-electron chi connectivity index (χ1n) is 14.2. The second-order valence-corrected chi connectivity index (χ2v) is 10.3. The topological polar surface area (TPSA) is 102 Å². The average molecular weight is 540 g/mol. The number of hydrogen-bond donors (Lipinski definition) is 1. The molecule has 3 heterocycles. The Balaban J connectivity index is 1.52. The van der Waals surface area contributed by atoms with E-state index in [1.165, 1.54) is 0 Å². The summed E-state index contributed by atoms with van der Waals surface area (Å²) in [6, 6.07) is 15.7. The van der Waals surface area contributed by atoms with Crippen LogP contribution >= 0.6 is 0 Å². The predicted octanol–water partition coefficient (Wildman–Crippen LogP) is 4.97. The number of likely N-dealkylation sites (N-methyl/N-ethyl adjacent to an activating group) is 1. The van der Waals surface area contributed by atoms with Gasteiger partial charge in [-0.1, -0.05) is 74.0 Å².